The van der Waals surface area contributed by atoms with Crippen LogP contribution in [0, 0.1) is 0 Å². The minimum absolute atomic E-state index is 0.00551. The number of hydrogen-bond acceptors (Lipinski definition) is 11. The summed E-state index contributed by atoms with van der Waals surface area (Å²) < 4.78 is 54.6. The molecule has 0 bridgehead atoms. The number of H-pyrrole nitrogens is 1. The van der Waals surface area contributed by atoms with Crippen molar-refractivity contribution in [3.8, 4) is 11.4 Å². The van der Waals surface area contributed by atoms with Crippen LogP contribution in [0.3, 0.4) is 0 Å². The van der Waals surface area contributed by atoms with Crippen LogP contribution in [0.15, 0.2) is 21.9 Å². The number of nitrogens with one attached hydrogen (secondary N) is 3. The minimum atomic E-state index is -4.50. The fraction of sp³-hybridized carbons (Fsp3) is 0.588. The van der Waals surface area contributed by atoms with Gasteiger partial charge < -0.3 is 16.0 Å². The first kappa shape index (κ1) is 23.9. The van der Waals surface area contributed by atoms with Gasteiger partial charge in [0.15, 0.2) is 0 Å². The van der Waals surface area contributed by atoms with Crippen molar-refractivity contribution < 1.29 is 16.8 Å². The van der Waals surface area contributed by atoms with E-state index in [1.54, 1.807) is 6.07 Å². The highest BCUT2D eigenvalue weighted by Crippen LogP contribution is 2.38. The predicted octanol–water partition coefficient (Wildman–Crippen LogP) is -2.76. The fourth-order valence-electron chi connectivity index (χ4n) is 4.23. The van der Waals surface area contributed by atoms with Crippen LogP contribution < -0.4 is 25.8 Å². The second-order valence-electron chi connectivity index (χ2n) is 8.00. The maximum atomic E-state index is 13.2. The number of aromatic amines is 1. The van der Waals surface area contributed by atoms with Gasteiger partial charge in [0.25, 0.3) is 0 Å². The van der Waals surface area contributed by atoms with E-state index in [4.69, 9.17) is 10.9 Å². The highest BCUT2D eigenvalue weighted by Gasteiger charge is 2.35. The largest absolute Gasteiger partial charge is 0.368 e. The Hall–Kier alpha value is -2.21. The summed E-state index contributed by atoms with van der Waals surface area (Å²) in [5, 5.41) is 22.4. The summed E-state index contributed by atoms with van der Waals surface area (Å²) in [7, 11) is -8.71. The molecule has 2 saturated heterocycles. The van der Waals surface area contributed by atoms with Crippen LogP contribution >= 0.6 is 0 Å². The van der Waals surface area contributed by atoms with E-state index >= 15 is 0 Å². The smallest absolute Gasteiger partial charge is 0.242 e. The molecule has 0 unspecified atom stereocenters. The van der Waals surface area contributed by atoms with Crippen molar-refractivity contribution in [1.82, 2.24) is 35.6 Å². The summed E-state index contributed by atoms with van der Waals surface area (Å²) in [4.78, 5) is 3.16. The topological polar surface area (TPSA) is 205 Å². The zero-order valence-corrected chi connectivity index (χ0v) is 19.6. The van der Waals surface area contributed by atoms with E-state index in [0.717, 1.165) is 6.54 Å². The minimum Gasteiger partial charge on any atom is -0.368 e. The lowest BCUT2D eigenvalue weighted by molar-refractivity contribution is 0.265. The second-order valence-corrected chi connectivity index (χ2v) is 11.2. The molecule has 1 aromatic heterocycles. The number of nitrogens with zero attached hydrogens (tertiary/aromatic N) is 5. The van der Waals surface area contributed by atoms with Crippen LogP contribution in [0.1, 0.15) is 6.42 Å². The molecule has 0 aliphatic carbocycles. The first-order chi connectivity index (χ1) is 15.7. The van der Waals surface area contributed by atoms with Crippen molar-refractivity contribution in [2.24, 2.45) is 10.9 Å². The Morgan fingerprint density at radius 1 is 1.15 bits per heavy atom. The second kappa shape index (κ2) is 9.57. The van der Waals surface area contributed by atoms with Gasteiger partial charge in [-0.2, -0.15) is 5.21 Å². The van der Waals surface area contributed by atoms with E-state index in [0.29, 0.717) is 57.9 Å². The van der Waals surface area contributed by atoms with Gasteiger partial charge in [-0.1, -0.05) is 0 Å². The number of aromatic nitrogens is 4. The van der Waals surface area contributed by atoms with E-state index in [-0.39, 0.29) is 17.4 Å². The Balaban J connectivity index is 1.83. The zero-order chi connectivity index (χ0) is 23.6. The van der Waals surface area contributed by atoms with Crippen LogP contribution in [0.2, 0.25) is 0 Å². The Kier molecular flexibility index (Phi) is 6.94. The molecule has 7 N–H and O–H groups in total. The third-order valence-corrected chi connectivity index (χ3v) is 8.47. The first-order valence-electron chi connectivity index (χ1n) is 10.5. The zero-order valence-electron chi connectivity index (χ0n) is 17.9. The maximum Gasteiger partial charge on any atom is 0.242 e. The average Bonchev–Trinajstić information content (AvgIpc) is 3.47. The van der Waals surface area contributed by atoms with Crippen molar-refractivity contribution in [3.05, 3.63) is 12.1 Å². The van der Waals surface area contributed by atoms with Gasteiger partial charge in [0, 0.05) is 57.5 Å². The quantitative estimate of drug-likeness (QED) is 0.251. The number of rotatable bonds is 8. The number of primary sulfonamides is 1. The van der Waals surface area contributed by atoms with Gasteiger partial charge in [0.2, 0.25) is 25.9 Å². The normalized spacial score (nSPS) is 20.4. The Labute approximate surface area is 192 Å². The van der Waals surface area contributed by atoms with Gasteiger partial charge in [0.1, 0.15) is 9.79 Å². The summed E-state index contributed by atoms with van der Waals surface area (Å²) in [5.74, 6) is -0.0574. The standard InChI is InChI=1S/C17H28N10O4S2/c18-4-6-26-7-9-27(10-8-26)13-1-2-14(33(30,31)23-12-3-5-20-11-12)16(32(19,28)29)15(13)17-21-24-25-22-17/h1-2,12,20,23H,3-11,18H2,(H2,19,28,29)(H,21,22,24,25)/t12-/m1/s1. The molecule has 1 atom stereocenters. The van der Waals surface area contributed by atoms with E-state index in [9.17, 15) is 16.8 Å². The van der Waals surface area contributed by atoms with E-state index in [1.165, 1.54) is 6.07 Å². The maximum absolute atomic E-state index is 13.2. The summed E-state index contributed by atoms with van der Waals surface area (Å²) in [6.45, 7) is 4.99. The molecule has 4 rings (SSSR count). The molecule has 1 aromatic carbocycles. The van der Waals surface area contributed by atoms with Gasteiger partial charge in [-0.3, -0.25) is 4.90 Å². The van der Waals surface area contributed by atoms with Gasteiger partial charge in [-0.25, -0.2) is 26.7 Å². The summed E-state index contributed by atoms with van der Waals surface area (Å²) in [5.41, 5.74) is 6.12. The average molecular weight is 501 g/mol. The molecule has 182 valence electrons. The lowest BCUT2D eigenvalue weighted by atomic mass is 10.1. The molecular weight excluding hydrogens is 472 g/mol. The van der Waals surface area contributed by atoms with E-state index < -0.39 is 29.8 Å². The number of sulfonamides is 2. The third-order valence-electron chi connectivity index (χ3n) is 5.78. The Morgan fingerprint density at radius 2 is 1.91 bits per heavy atom. The number of nitrogens with two attached hydrogens (primary N) is 2. The van der Waals surface area contributed by atoms with Crippen LogP contribution in [0.5, 0.6) is 0 Å². The van der Waals surface area contributed by atoms with Crippen molar-refractivity contribution in [1.29, 1.82) is 0 Å². The van der Waals surface area contributed by atoms with Crippen molar-refractivity contribution >= 4 is 25.7 Å². The van der Waals surface area contributed by atoms with Gasteiger partial charge in [0.05, 0.1) is 5.56 Å². The third kappa shape index (κ3) is 5.16. The predicted molar refractivity (Wildman–Crippen MR) is 120 cm³/mol. The SMILES string of the molecule is NCCN1CCN(c2ccc(S(=O)(=O)N[C@@H]3CCNC3)c(S(N)(=O)=O)c2-c2nn[nH]n2)CC1. The van der Waals surface area contributed by atoms with Gasteiger partial charge >= 0.3 is 0 Å². The van der Waals surface area contributed by atoms with Crippen molar-refractivity contribution in [3.63, 3.8) is 0 Å². The van der Waals surface area contributed by atoms with E-state index in [2.05, 4.69) is 35.6 Å². The summed E-state index contributed by atoms with van der Waals surface area (Å²) in [6.07, 6.45) is 0.590. The highest BCUT2D eigenvalue weighted by molar-refractivity contribution is 7.92. The molecule has 33 heavy (non-hydrogen) atoms. The molecule has 2 aliphatic rings. The monoisotopic (exact) mass is 500 g/mol. The lowest BCUT2D eigenvalue weighted by Crippen LogP contribution is -2.48. The molecule has 2 fully saturated rings. The van der Waals surface area contributed by atoms with Crippen molar-refractivity contribution in [2.75, 3.05) is 57.3 Å². The molecule has 0 spiro atoms. The van der Waals surface area contributed by atoms with Crippen LogP contribution in [0.25, 0.3) is 11.4 Å². The van der Waals surface area contributed by atoms with Gasteiger partial charge in [-0.15, -0.1) is 10.2 Å². The first-order valence-corrected chi connectivity index (χ1v) is 13.6. The lowest BCUT2D eigenvalue weighted by Gasteiger charge is -2.37. The van der Waals surface area contributed by atoms with Crippen LogP contribution in [0.4, 0.5) is 5.69 Å². The van der Waals surface area contributed by atoms with E-state index in [1.807, 2.05) is 4.90 Å². The number of benzene rings is 1. The molecule has 3 heterocycles. The Morgan fingerprint density at radius 3 is 2.48 bits per heavy atom. The number of anilines is 1. The molecule has 14 nitrogen and oxygen atoms in total. The molecule has 0 saturated carbocycles. The molecule has 0 radical (unpaired) electrons. The molecule has 16 heteroatoms. The number of tetrazole rings is 1. The summed E-state index contributed by atoms with van der Waals surface area (Å²) >= 11 is 0. The summed E-state index contributed by atoms with van der Waals surface area (Å²) in [6, 6.07) is 2.49. The van der Waals surface area contributed by atoms with Crippen LogP contribution in [-0.2, 0) is 20.0 Å². The molecule has 0 amide bonds. The highest BCUT2D eigenvalue weighted by atomic mass is 32.2. The fourth-order valence-corrected chi connectivity index (χ4v) is 7.09. The molecular formula is C17H28N10O4S2. The Bertz CT molecular complexity index is 1170. The number of hydrogen-bond donors (Lipinski definition) is 5. The molecule has 2 aromatic rings. The van der Waals surface area contributed by atoms with Crippen LogP contribution in [-0.4, -0.2) is 101 Å². The molecule has 2 aliphatic heterocycles. The number of piperazine rings is 1. The van der Waals surface area contributed by atoms with Crippen molar-refractivity contribution in [2.45, 2.75) is 22.3 Å². The van der Waals surface area contributed by atoms with Gasteiger partial charge in [-0.05, 0) is 30.3 Å².